The molecule has 0 aromatic rings. The number of nitrogens with zero attached hydrogens (tertiary/aromatic N) is 1. The molecule has 1 rings (SSSR count). The zero-order chi connectivity index (χ0) is 13.7. The van der Waals surface area contributed by atoms with Gasteiger partial charge in [0, 0.05) is 18.6 Å². The van der Waals surface area contributed by atoms with Crippen molar-refractivity contribution in [3.63, 3.8) is 0 Å². The molecule has 1 unspecified atom stereocenters. The molecule has 0 radical (unpaired) electrons. The summed E-state index contributed by atoms with van der Waals surface area (Å²) in [6, 6.07) is 1.43. The molecule has 0 aromatic heterocycles. The minimum Gasteiger partial charge on any atom is -0.312 e. The third-order valence-electron chi connectivity index (χ3n) is 4.76. The first kappa shape index (κ1) is 16.0. The third-order valence-corrected chi connectivity index (χ3v) is 4.76. The van der Waals surface area contributed by atoms with Crippen LogP contribution in [0.5, 0.6) is 0 Å². The van der Waals surface area contributed by atoms with Gasteiger partial charge in [-0.3, -0.25) is 0 Å². The van der Waals surface area contributed by atoms with Crippen LogP contribution in [-0.2, 0) is 0 Å². The minimum absolute atomic E-state index is 0.660. The van der Waals surface area contributed by atoms with E-state index in [0.29, 0.717) is 6.04 Å². The van der Waals surface area contributed by atoms with Gasteiger partial charge in [-0.05, 0) is 57.5 Å². The van der Waals surface area contributed by atoms with Gasteiger partial charge in [0.15, 0.2) is 0 Å². The van der Waals surface area contributed by atoms with Gasteiger partial charge in [0.2, 0.25) is 0 Å². The fourth-order valence-electron chi connectivity index (χ4n) is 3.29. The summed E-state index contributed by atoms with van der Waals surface area (Å²) < 4.78 is 0. The SMILES string of the molecule is CC(C)C1CCC(NCC(C(C)C)N(C)C)CC1. The minimum atomic E-state index is 0.660. The Kier molecular flexibility index (Phi) is 6.65. The van der Waals surface area contributed by atoms with Gasteiger partial charge in [0.1, 0.15) is 0 Å². The Hall–Kier alpha value is -0.0800. The normalized spacial score (nSPS) is 27.2. The maximum Gasteiger partial charge on any atom is 0.0237 e. The Morgan fingerprint density at radius 3 is 1.94 bits per heavy atom. The van der Waals surface area contributed by atoms with Gasteiger partial charge in [-0.2, -0.15) is 0 Å². The molecule has 0 bridgehead atoms. The molecule has 1 saturated carbocycles. The smallest absolute Gasteiger partial charge is 0.0237 e. The predicted molar refractivity (Wildman–Crippen MR) is 80.9 cm³/mol. The topological polar surface area (TPSA) is 15.3 Å². The number of nitrogens with one attached hydrogen (secondary N) is 1. The standard InChI is InChI=1S/C16H34N2/c1-12(2)14-7-9-15(10-8-14)17-11-16(13(3)4)18(5)6/h12-17H,7-11H2,1-6H3. The summed E-state index contributed by atoms with van der Waals surface area (Å²) in [6.07, 6.45) is 5.59. The first-order chi connectivity index (χ1) is 8.41. The molecular formula is C16H34N2. The largest absolute Gasteiger partial charge is 0.312 e. The molecule has 18 heavy (non-hydrogen) atoms. The zero-order valence-electron chi connectivity index (χ0n) is 13.4. The summed E-state index contributed by atoms with van der Waals surface area (Å²) >= 11 is 0. The highest BCUT2D eigenvalue weighted by molar-refractivity contribution is 4.81. The van der Waals surface area contributed by atoms with E-state index >= 15 is 0 Å². The number of hydrogen-bond donors (Lipinski definition) is 1. The summed E-state index contributed by atoms with van der Waals surface area (Å²) in [5, 5.41) is 3.80. The highest BCUT2D eigenvalue weighted by Gasteiger charge is 2.24. The second kappa shape index (κ2) is 7.49. The van der Waals surface area contributed by atoms with Gasteiger partial charge in [0.05, 0.1) is 0 Å². The van der Waals surface area contributed by atoms with Crippen molar-refractivity contribution >= 4 is 0 Å². The van der Waals surface area contributed by atoms with Crippen molar-refractivity contribution < 1.29 is 0 Å². The van der Waals surface area contributed by atoms with Gasteiger partial charge < -0.3 is 10.2 Å². The lowest BCUT2D eigenvalue weighted by atomic mass is 9.79. The van der Waals surface area contributed by atoms with Crippen molar-refractivity contribution in [1.82, 2.24) is 10.2 Å². The average molecular weight is 254 g/mol. The molecular weight excluding hydrogens is 220 g/mol. The van der Waals surface area contributed by atoms with E-state index in [1.807, 2.05) is 0 Å². The van der Waals surface area contributed by atoms with Crippen molar-refractivity contribution in [3.8, 4) is 0 Å². The first-order valence-electron chi connectivity index (χ1n) is 7.81. The number of hydrogen-bond acceptors (Lipinski definition) is 2. The van der Waals surface area contributed by atoms with E-state index in [1.54, 1.807) is 0 Å². The van der Waals surface area contributed by atoms with E-state index in [0.717, 1.165) is 30.3 Å². The van der Waals surface area contributed by atoms with Crippen LogP contribution >= 0.6 is 0 Å². The highest BCUT2D eigenvalue weighted by atomic mass is 15.1. The molecule has 0 spiro atoms. The fourth-order valence-corrected chi connectivity index (χ4v) is 3.29. The van der Waals surface area contributed by atoms with Crippen LogP contribution in [0.2, 0.25) is 0 Å². The summed E-state index contributed by atoms with van der Waals surface area (Å²) in [5.41, 5.74) is 0. The predicted octanol–water partition coefficient (Wildman–Crippen LogP) is 3.38. The molecule has 0 aliphatic heterocycles. The lowest BCUT2D eigenvalue weighted by Gasteiger charge is -2.34. The molecule has 1 aliphatic rings. The molecule has 108 valence electrons. The quantitative estimate of drug-likeness (QED) is 0.782. The summed E-state index contributed by atoms with van der Waals surface area (Å²) in [7, 11) is 4.39. The number of rotatable bonds is 6. The average Bonchev–Trinajstić information content (AvgIpc) is 2.28. The fraction of sp³-hybridized carbons (Fsp3) is 1.00. The van der Waals surface area contributed by atoms with E-state index in [1.165, 1.54) is 25.7 Å². The van der Waals surface area contributed by atoms with Gasteiger partial charge >= 0.3 is 0 Å². The molecule has 2 nitrogen and oxygen atoms in total. The van der Waals surface area contributed by atoms with Crippen molar-refractivity contribution in [2.24, 2.45) is 17.8 Å². The van der Waals surface area contributed by atoms with Crippen molar-refractivity contribution in [1.29, 1.82) is 0 Å². The van der Waals surface area contributed by atoms with Crippen molar-refractivity contribution in [2.75, 3.05) is 20.6 Å². The van der Waals surface area contributed by atoms with Gasteiger partial charge in [-0.15, -0.1) is 0 Å². The Balaban J connectivity index is 2.28. The zero-order valence-corrected chi connectivity index (χ0v) is 13.4. The van der Waals surface area contributed by atoms with Gasteiger partial charge in [-0.25, -0.2) is 0 Å². The second-order valence-electron chi connectivity index (χ2n) is 7.04. The summed E-state index contributed by atoms with van der Waals surface area (Å²) in [4.78, 5) is 2.36. The van der Waals surface area contributed by atoms with E-state index in [-0.39, 0.29) is 0 Å². The molecule has 1 N–H and O–H groups in total. The van der Waals surface area contributed by atoms with E-state index in [2.05, 4.69) is 52.0 Å². The number of likely N-dealkylation sites (N-methyl/N-ethyl adjacent to an activating group) is 1. The molecule has 0 aromatic carbocycles. The monoisotopic (exact) mass is 254 g/mol. The van der Waals surface area contributed by atoms with Gasteiger partial charge in [-0.1, -0.05) is 27.7 Å². The Morgan fingerprint density at radius 1 is 1.00 bits per heavy atom. The van der Waals surface area contributed by atoms with Gasteiger partial charge in [0.25, 0.3) is 0 Å². The van der Waals surface area contributed by atoms with E-state index < -0.39 is 0 Å². The highest BCUT2D eigenvalue weighted by Crippen LogP contribution is 2.29. The molecule has 1 atom stereocenters. The van der Waals surface area contributed by atoms with Crippen molar-refractivity contribution in [2.45, 2.75) is 65.5 Å². The van der Waals surface area contributed by atoms with Crippen LogP contribution in [0, 0.1) is 17.8 Å². The van der Waals surface area contributed by atoms with Crippen LogP contribution in [0.4, 0.5) is 0 Å². The van der Waals surface area contributed by atoms with Crippen LogP contribution < -0.4 is 5.32 Å². The maximum absolute atomic E-state index is 3.80. The Labute approximate surface area is 115 Å². The molecule has 0 heterocycles. The van der Waals surface area contributed by atoms with Crippen LogP contribution in [0.15, 0.2) is 0 Å². The van der Waals surface area contributed by atoms with Crippen LogP contribution in [0.3, 0.4) is 0 Å². The maximum atomic E-state index is 3.80. The summed E-state index contributed by atoms with van der Waals surface area (Å²) in [5.74, 6) is 2.56. The molecule has 1 aliphatic carbocycles. The van der Waals surface area contributed by atoms with Crippen LogP contribution in [0.1, 0.15) is 53.4 Å². The summed E-state index contributed by atoms with van der Waals surface area (Å²) in [6.45, 7) is 10.5. The first-order valence-corrected chi connectivity index (χ1v) is 7.81. The lowest BCUT2D eigenvalue weighted by Crippen LogP contribution is -2.45. The van der Waals surface area contributed by atoms with Crippen LogP contribution in [-0.4, -0.2) is 37.6 Å². The van der Waals surface area contributed by atoms with E-state index in [4.69, 9.17) is 0 Å². The molecule has 2 heteroatoms. The Morgan fingerprint density at radius 2 is 1.56 bits per heavy atom. The van der Waals surface area contributed by atoms with E-state index in [9.17, 15) is 0 Å². The molecule has 0 amide bonds. The third kappa shape index (κ3) is 4.89. The van der Waals surface area contributed by atoms with Crippen molar-refractivity contribution in [3.05, 3.63) is 0 Å². The molecule has 1 fully saturated rings. The van der Waals surface area contributed by atoms with Crippen LogP contribution in [0.25, 0.3) is 0 Å². The second-order valence-corrected chi connectivity index (χ2v) is 7.04. The Bertz CT molecular complexity index is 207. The molecule has 0 saturated heterocycles. The lowest BCUT2D eigenvalue weighted by molar-refractivity contribution is 0.195.